The SMILES string of the molecule is Fc1ccc(N=S=Nc2ccc(F)cc2)cc1. The molecule has 0 unspecified atom stereocenters. The second kappa shape index (κ2) is 5.45. The van der Waals surface area contributed by atoms with E-state index in [2.05, 4.69) is 8.73 Å². The van der Waals surface area contributed by atoms with Gasteiger partial charge >= 0.3 is 0 Å². The molecule has 86 valence electrons. The predicted molar refractivity (Wildman–Crippen MR) is 64.3 cm³/mol. The molecule has 2 aromatic carbocycles. The highest BCUT2D eigenvalue weighted by atomic mass is 32.1. The molecule has 0 aliphatic rings. The normalized spacial score (nSPS) is 9.76. The molecule has 0 N–H and O–H groups in total. The molecule has 0 saturated heterocycles. The van der Waals surface area contributed by atoms with Crippen molar-refractivity contribution in [3.63, 3.8) is 0 Å². The summed E-state index contributed by atoms with van der Waals surface area (Å²) in [7, 11) is 0. The van der Waals surface area contributed by atoms with Crippen molar-refractivity contribution in [1.82, 2.24) is 0 Å². The number of hydrogen-bond donors (Lipinski definition) is 0. The Morgan fingerprint density at radius 2 is 1.00 bits per heavy atom. The van der Waals surface area contributed by atoms with Crippen LogP contribution in [0.2, 0.25) is 0 Å². The van der Waals surface area contributed by atoms with Crippen LogP contribution in [0, 0.1) is 11.6 Å². The molecule has 0 fully saturated rings. The van der Waals surface area contributed by atoms with Crippen molar-refractivity contribution in [3.8, 4) is 0 Å². The molecule has 0 aliphatic carbocycles. The molecule has 0 spiro atoms. The van der Waals surface area contributed by atoms with Gasteiger partial charge in [-0.25, -0.2) is 8.78 Å². The predicted octanol–water partition coefficient (Wildman–Crippen LogP) is 4.38. The third-order valence-corrected chi connectivity index (χ3v) is 2.53. The van der Waals surface area contributed by atoms with Crippen molar-refractivity contribution < 1.29 is 8.78 Å². The zero-order valence-corrected chi connectivity index (χ0v) is 9.49. The van der Waals surface area contributed by atoms with E-state index in [4.69, 9.17) is 0 Å². The summed E-state index contributed by atoms with van der Waals surface area (Å²) in [5.41, 5.74) is 1.25. The van der Waals surface area contributed by atoms with Gasteiger partial charge in [-0.2, -0.15) is 8.73 Å². The monoisotopic (exact) mass is 250 g/mol. The van der Waals surface area contributed by atoms with Crippen LogP contribution in [0.5, 0.6) is 0 Å². The Bertz CT molecular complexity index is 509. The second-order valence-electron chi connectivity index (χ2n) is 3.22. The molecule has 0 aromatic heterocycles. The van der Waals surface area contributed by atoms with Gasteiger partial charge in [0, 0.05) is 0 Å². The molecule has 0 atom stereocenters. The second-order valence-corrected chi connectivity index (χ2v) is 3.75. The van der Waals surface area contributed by atoms with E-state index in [1.54, 1.807) is 24.3 Å². The molecule has 0 heterocycles. The fourth-order valence-corrected chi connectivity index (χ4v) is 1.59. The first kappa shape index (κ1) is 11.6. The molecular weight excluding hydrogens is 242 g/mol. The standard InChI is InChI=1S/C12H8F2N2S/c13-9-1-5-11(6-2-9)15-17-16-12-7-3-10(14)4-8-12/h1-8H. The molecule has 0 aliphatic heterocycles. The molecule has 2 rings (SSSR count). The minimum absolute atomic E-state index is 0.301. The Hall–Kier alpha value is -1.88. The average Bonchev–Trinajstić information content (AvgIpc) is 2.34. The fraction of sp³-hybridized carbons (Fsp3) is 0. The van der Waals surface area contributed by atoms with Gasteiger partial charge < -0.3 is 0 Å². The highest BCUT2D eigenvalue weighted by Gasteiger charge is 1.90. The number of benzene rings is 2. The minimum atomic E-state index is -0.301. The number of halogens is 2. The lowest BCUT2D eigenvalue weighted by Gasteiger charge is -1.90. The van der Waals surface area contributed by atoms with Gasteiger partial charge in [0.15, 0.2) is 0 Å². The van der Waals surface area contributed by atoms with E-state index in [1.807, 2.05) is 0 Å². The lowest BCUT2D eigenvalue weighted by molar-refractivity contribution is 0.627. The molecule has 0 bridgehead atoms. The first-order chi connectivity index (χ1) is 8.24. The van der Waals surface area contributed by atoms with Crippen LogP contribution in [0.1, 0.15) is 0 Å². The summed E-state index contributed by atoms with van der Waals surface area (Å²) in [5.74, 6) is -0.603. The van der Waals surface area contributed by atoms with Crippen molar-refractivity contribution in [3.05, 3.63) is 60.2 Å². The highest BCUT2D eigenvalue weighted by molar-refractivity contribution is 7.57. The van der Waals surface area contributed by atoms with Gasteiger partial charge in [0.1, 0.15) is 11.6 Å². The maximum Gasteiger partial charge on any atom is 0.123 e. The third kappa shape index (κ3) is 3.57. The van der Waals surface area contributed by atoms with Gasteiger partial charge in [-0.3, -0.25) is 0 Å². The Balaban J connectivity index is 2.14. The van der Waals surface area contributed by atoms with Crippen molar-refractivity contribution in [2.75, 3.05) is 0 Å². The number of rotatable bonds is 2. The van der Waals surface area contributed by atoms with Gasteiger partial charge in [-0.05, 0) is 48.5 Å². The smallest absolute Gasteiger partial charge is 0.123 e. The Morgan fingerprint density at radius 3 is 1.35 bits per heavy atom. The van der Waals surface area contributed by atoms with Crippen LogP contribution in [0.25, 0.3) is 0 Å². The fourth-order valence-electron chi connectivity index (χ4n) is 1.12. The molecule has 0 saturated carbocycles. The van der Waals surface area contributed by atoms with Gasteiger partial charge in [0.25, 0.3) is 0 Å². The Labute approximate surface area is 101 Å². The minimum Gasteiger partial charge on any atom is -0.207 e. The van der Waals surface area contributed by atoms with E-state index >= 15 is 0 Å². The topological polar surface area (TPSA) is 24.7 Å². The number of nitrogens with zero attached hydrogens (tertiary/aromatic N) is 2. The van der Waals surface area contributed by atoms with Gasteiger partial charge in [-0.1, -0.05) is 0 Å². The lowest BCUT2D eigenvalue weighted by atomic mass is 10.3. The first-order valence-electron chi connectivity index (χ1n) is 4.83. The third-order valence-electron chi connectivity index (χ3n) is 1.95. The zero-order valence-electron chi connectivity index (χ0n) is 8.68. The van der Waals surface area contributed by atoms with Crippen LogP contribution >= 0.6 is 0 Å². The lowest BCUT2D eigenvalue weighted by Crippen LogP contribution is -1.69. The van der Waals surface area contributed by atoms with E-state index in [0.717, 1.165) is 11.4 Å². The average molecular weight is 250 g/mol. The maximum absolute atomic E-state index is 12.6. The summed E-state index contributed by atoms with van der Waals surface area (Å²) < 4.78 is 33.3. The van der Waals surface area contributed by atoms with E-state index < -0.39 is 0 Å². The van der Waals surface area contributed by atoms with Crippen LogP contribution in [0.3, 0.4) is 0 Å². The Morgan fingerprint density at radius 1 is 0.647 bits per heavy atom. The molecule has 2 aromatic rings. The first-order valence-corrected chi connectivity index (χ1v) is 5.56. The van der Waals surface area contributed by atoms with Crippen molar-refractivity contribution >= 4 is 22.7 Å². The van der Waals surface area contributed by atoms with Crippen molar-refractivity contribution in [1.29, 1.82) is 0 Å². The van der Waals surface area contributed by atoms with Crippen molar-refractivity contribution in [2.45, 2.75) is 0 Å². The number of hydrogen-bond acceptors (Lipinski definition) is 2. The Kier molecular flexibility index (Phi) is 3.72. The quantitative estimate of drug-likeness (QED) is 0.755. The molecule has 5 heteroatoms. The molecule has 17 heavy (non-hydrogen) atoms. The molecule has 0 amide bonds. The summed E-state index contributed by atoms with van der Waals surface area (Å²) >= 11 is 0.976. The van der Waals surface area contributed by atoms with E-state index in [1.165, 1.54) is 24.3 Å². The summed E-state index contributed by atoms with van der Waals surface area (Å²) in [4.78, 5) is 0. The molecular formula is C12H8F2N2S. The van der Waals surface area contributed by atoms with Gasteiger partial charge in [0.2, 0.25) is 0 Å². The highest BCUT2D eigenvalue weighted by Crippen LogP contribution is 2.14. The van der Waals surface area contributed by atoms with Crippen LogP contribution in [0.4, 0.5) is 20.2 Å². The molecule has 0 radical (unpaired) electrons. The van der Waals surface area contributed by atoms with Crippen LogP contribution < -0.4 is 0 Å². The molecule has 2 nitrogen and oxygen atoms in total. The maximum atomic E-state index is 12.6. The summed E-state index contributed by atoms with van der Waals surface area (Å²) in [5, 5.41) is 0. The van der Waals surface area contributed by atoms with Crippen molar-refractivity contribution in [2.24, 2.45) is 8.73 Å². The van der Waals surface area contributed by atoms with Gasteiger partial charge in [-0.15, -0.1) is 0 Å². The zero-order chi connectivity index (χ0) is 12.1. The van der Waals surface area contributed by atoms with Crippen LogP contribution in [0.15, 0.2) is 57.3 Å². The summed E-state index contributed by atoms with van der Waals surface area (Å²) in [6.45, 7) is 0. The largest absolute Gasteiger partial charge is 0.207 e. The van der Waals surface area contributed by atoms with E-state index in [-0.39, 0.29) is 11.6 Å². The summed E-state index contributed by atoms with van der Waals surface area (Å²) in [6.07, 6.45) is 0. The van der Waals surface area contributed by atoms with Crippen LogP contribution in [-0.4, -0.2) is 0 Å². The van der Waals surface area contributed by atoms with E-state index in [0.29, 0.717) is 11.4 Å². The van der Waals surface area contributed by atoms with Gasteiger partial charge in [0.05, 0.1) is 22.7 Å². The summed E-state index contributed by atoms with van der Waals surface area (Å²) in [6, 6.07) is 11.6. The van der Waals surface area contributed by atoms with E-state index in [9.17, 15) is 8.78 Å². The van der Waals surface area contributed by atoms with Crippen LogP contribution in [-0.2, 0) is 11.4 Å².